The van der Waals surface area contributed by atoms with E-state index in [4.69, 9.17) is 21.5 Å². The Bertz CT molecular complexity index is 212. The summed E-state index contributed by atoms with van der Waals surface area (Å²) in [5.41, 5.74) is 0. The highest BCUT2D eigenvalue weighted by molar-refractivity contribution is 6.82. The SMILES string of the molecule is CO[Si](C)(C)O[Si](OC)(OC)O[Si](C)(C)C. The minimum absolute atomic E-state index is 1.55. The predicted molar refractivity (Wildman–Crippen MR) is 69.8 cm³/mol. The zero-order valence-electron chi connectivity index (χ0n) is 11.5. The predicted octanol–water partition coefficient (Wildman–Crippen LogP) is 1.93. The summed E-state index contributed by atoms with van der Waals surface area (Å²) >= 11 is 0. The average molecular weight is 285 g/mol. The van der Waals surface area contributed by atoms with Gasteiger partial charge in [-0.3, -0.25) is 0 Å². The van der Waals surface area contributed by atoms with Crippen LogP contribution in [0.5, 0.6) is 0 Å². The van der Waals surface area contributed by atoms with Crippen molar-refractivity contribution in [2.75, 3.05) is 21.3 Å². The van der Waals surface area contributed by atoms with Crippen LogP contribution in [-0.4, -0.2) is 47.3 Å². The Morgan fingerprint density at radius 3 is 1.31 bits per heavy atom. The molecule has 0 saturated heterocycles. The fraction of sp³-hybridized carbons (Fsp3) is 1.00. The van der Waals surface area contributed by atoms with Crippen LogP contribution < -0.4 is 0 Å². The molecule has 0 radical (unpaired) electrons. The van der Waals surface area contributed by atoms with Crippen LogP contribution in [0.2, 0.25) is 32.7 Å². The van der Waals surface area contributed by atoms with Gasteiger partial charge in [0.15, 0.2) is 8.32 Å². The van der Waals surface area contributed by atoms with Crippen LogP contribution in [-0.2, 0) is 21.5 Å². The second kappa shape index (κ2) is 5.87. The Kier molecular flexibility index (Phi) is 6.03. The molecule has 0 fully saturated rings. The van der Waals surface area contributed by atoms with Crippen LogP contribution >= 0.6 is 0 Å². The van der Waals surface area contributed by atoms with E-state index in [1.165, 1.54) is 0 Å². The molecule has 0 unspecified atom stereocenters. The molecule has 0 rings (SSSR count). The molecule has 0 aromatic heterocycles. The van der Waals surface area contributed by atoms with Crippen molar-refractivity contribution in [3.63, 3.8) is 0 Å². The van der Waals surface area contributed by atoms with Gasteiger partial charge in [-0.05, 0) is 32.7 Å². The molecule has 0 heterocycles. The van der Waals surface area contributed by atoms with Gasteiger partial charge in [0, 0.05) is 21.3 Å². The zero-order valence-corrected chi connectivity index (χ0v) is 14.5. The van der Waals surface area contributed by atoms with Crippen molar-refractivity contribution in [3.05, 3.63) is 0 Å². The molecule has 0 amide bonds. The van der Waals surface area contributed by atoms with Gasteiger partial charge in [-0.25, -0.2) is 0 Å². The second-order valence-corrected chi connectivity index (χ2v) is 15.7. The topological polar surface area (TPSA) is 46.2 Å². The van der Waals surface area contributed by atoms with E-state index in [1.807, 2.05) is 13.1 Å². The quantitative estimate of drug-likeness (QED) is 0.669. The molecule has 16 heavy (non-hydrogen) atoms. The smallest absolute Gasteiger partial charge is 0.398 e. The lowest BCUT2D eigenvalue weighted by Gasteiger charge is -2.35. The van der Waals surface area contributed by atoms with Crippen LogP contribution in [0.25, 0.3) is 0 Å². The molecular weight excluding hydrogens is 260 g/mol. The molecule has 0 aromatic rings. The lowest BCUT2D eigenvalue weighted by atomic mass is 11.8. The van der Waals surface area contributed by atoms with Crippen molar-refractivity contribution in [2.45, 2.75) is 32.7 Å². The van der Waals surface area contributed by atoms with Gasteiger partial charge in [0.1, 0.15) is 0 Å². The zero-order chi connectivity index (χ0) is 13.0. The van der Waals surface area contributed by atoms with E-state index in [0.717, 1.165) is 0 Å². The largest absolute Gasteiger partial charge is 0.659 e. The molecule has 0 saturated carbocycles. The highest BCUT2D eigenvalue weighted by Crippen LogP contribution is 2.21. The standard InChI is InChI=1S/C8H24O5Si3/c1-9-15(7,8)13-16(10-2,11-3)12-14(4,5)6/h1-8H3. The van der Waals surface area contributed by atoms with E-state index < -0.39 is 25.9 Å². The first-order valence-electron chi connectivity index (χ1n) is 5.15. The highest BCUT2D eigenvalue weighted by Gasteiger charge is 2.51. The maximum Gasteiger partial charge on any atom is 0.659 e. The van der Waals surface area contributed by atoms with Gasteiger partial charge in [-0.15, -0.1) is 0 Å². The molecule has 0 aromatic carbocycles. The minimum atomic E-state index is -3.04. The minimum Gasteiger partial charge on any atom is -0.398 e. The Morgan fingerprint density at radius 2 is 1.06 bits per heavy atom. The molecule has 0 N–H and O–H groups in total. The molecule has 98 valence electrons. The van der Waals surface area contributed by atoms with Gasteiger partial charge in [0.2, 0.25) is 0 Å². The van der Waals surface area contributed by atoms with E-state index in [1.54, 1.807) is 21.3 Å². The molecule has 0 spiro atoms. The first-order valence-corrected chi connectivity index (χ1v) is 13.0. The summed E-state index contributed by atoms with van der Waals surface area (Å²) in [4.78, 5) is 0. The molecule has 0 bridgehead atoms. The Labute approximate surface area is 102 Å². The van der Waals surface area contributed by atoms with Crippen molar-refractivity contribution in [1.29, 1.82) is 0 Å². The maximum atomic E-state index is 5.93. The second-order valence-electron chi connectivity index (χ2n) is 4.83. The summed E-state index contributed by atoms with van der Waals surface area (Å²) in [6.45, 7) is 10.1. The molecule has 0 aliphatic heterocycles. The van der Waals surface area contributed by atoms with E-state index >= 15 is 0 Å². The Balaban J connectivity index is 4.82. The number of rotatable bonds is 7. The molecule has 8 heteroatoms. The third kappa shape index (κ3) is 5.68. The Hall–Kier alpha value is 0.451. The lowest BCUT2D eigenvalue weighted by Crippen LogP contribution is -2.59. The van der Waals surface area contributed by atoms with Crippen molar-refractivity contribution < 1.29 is 21.5 Å². The summed E-state index contributed by atoms with van der Waals surface area (Å²) < 4.78 is 27.9. The normalized spacial score (nSPS) is 14.2. The van der Waals surface area contributed by atoms with Crippen LogP contribution in [0.15, 0.2) is 0 Å². The van der Waals surface area contributed by atoms with Gasteiger partial charge < -0.3 is 21.5 Å². The summed E-state index contributed by atoms with van der Waals surface area (Å²) in [5, 5.41) is 0. The Morgan fingerprint density at radius 1 is 0.625 bits per heavy atom. The average Bonchev–Trinajstić information content (AvgIpc) is 2.14. The van der Waals surface area contributed by atoms with E-state index in [0.29, 0.717) is 0 Å². The van der Waals surface area contributed by atoms with Crippen molar-refractivity contribution >= 4 is 25.9 Å². The summed E-state index contributed by atoms with van der Waals surface area (Å²) in [5.74, 6) is 0. The van der Waals surface area contributed by atoms with E-state index in [9.17, 15) is 0 Å². The third-order valence-corrected chi connectivity index (χ3v) is 10.2. The van der Waals surface area contributed by atoms with Crippen molar-refractivity contribution in [2.24, 2.45) is 0 Å². The first-order chi connectivity index (χ1) is 7.10. The van der Waals surface area contributed by atoms with Gasteiger partial charge in [0.05, 0.1) is 0 Å². The summed E-state index contributed by atoms with van der Waals surface area (Å²) in [6.07, 6.45) is 0. The van der Waals surface area contributed by atoms with Gasteiger partial charge in [-0.1, -0.05) is 0 Å². The van der Waals surface area contributed by atoms with Gasteiger partial charge in [-0.2, -0.15) is 0 Å². The summed E-state index contributed by atoms with van der Waals surface area (Å²) in [6, 6.07) is 0. The first kappa shape index (κ1) is 16.5. The van der Waals surface area contributed by atoms with E-state index in [2.05, 4.69) is 19.6 Å². The third-order valence-electron chi connectivity index (χ3n) is 1.79. The van der Waals surface area contributed by atoms with Gasteiger partial charge >= 0.3 is 17.6 Å². The molecule has 0 aliphatic rings. The molecule has 5 nitrogen and oxygen atoms in total. The molecule has 0 aliphatic carbocycles. The molecule has 0 atom stereocenters. The van der Waals surface area contributed by atoms with Crippen LogP contribution in [0.4, 0.5) is 0 Å². The fourth-order valence-electron chi connectivity index (χ4n) is 0.989. The highest BCUT2D eigenvalue weighted by atomic mass is 28.5. The van der Waals surface area contributed by atoms with Crippen LogP contribution in [0.3, 0.4) is 0 Å². The lowest BCUT2D eigenvalue weighted by molar-refractivity contribution is 0.0645. The van der Waals surface area contributed by atoms with Gasteiger partial charge in [0.25, 0.3) is 0 Å². The molecular formula is C8H24O5Si3. The monoisotopic (exact) mass is 284 g/mol. The number of hydrogen-bond acceptors (Lipinski definition) is 5. The number of hydrogen-bond donors (Lipinski definition) is 0. The maximum absolute atomic E-state index is 5.93. The van der Waals surface area contributed by atoms with Crippen LogP contribution in [0.1, 0.15) is 0 Å². The van der Waals surface area contributed by atoms with Crippen molar-refractivity contribution in [1.82, 2.24) is 0 Å². The van der Waals surface area contributed by atoms with E-state index in [-0.39, 0.29) is 0 Å². The van der Waals surface area contributed by atoms with Crippen LogP contribution in [0, 0.1) is 0 Å². The van der Waals surface area contributed by atoms with Crippen molar-refractivity contribution in [3.8, 4) is 0 Å². The fourth-order valence-corrected chi connectivity index (χ4v) is 8.77. The summed E-state index contributed by atoms with van der Waals surface area (Å²) in [7, 11) is -2.34.